The van der Waals surface area contributed by atoms with Gasteiger partial charge in [-0.05, 0) is 51.2 Å². The molecule has 0 bridgehead atoms. The van der Waals surface area contributed by atoms with Crippen LogP contribution in [0.5, 0.6) is 0 Å². The molecule has 0 amide bonds. The summed E-state index contributed by atoms with van der Waals surface area (Å²) in [5.74, 6) is -0.508. The van der Waals surface area contributed by atoms with Gasteiger partial charge in [0.15, 0.2) is 0 Å². The lowest BCUT2D eigenvalue weighted by molar-refractivity contribution is 0.327. The molecule has 0 saturated carbocycles. The van der Waals surface area contributed by atoms with Crippen molar-refractivity contribution in [3.05, 3.63) is 51.7 Å². The zero-order valence-corrected chi connectivity index (χ0v) is 16.4. The molecule has 0 atom stereocenters. The van der Waals surface area contributed by atoms with E-state index < -0.39 is 5.82 Å². The second kappa shape index (κ2) is 7.04. The van der Waals surface area contributed by atoms with Crippen LogP contribution < -0.4 is 5.32 Å². The number of fused-ring (bicyclic) bond motifs is 1. The summed E-state index contributed by atoms with van der Waals surface area (Å²) in [6.45, 7) is 7.67. The predicted octanol–water partition coefficient (Wildman–Crippen LogP) is 4.86. The zero-order chi connectivity index (χ0) is 18.9. The topological polar surface area (TPSA) is 66.5 Å². The van der Waals surface area contributed by atoms with Crippen LogP contribution in [0.15, 0.2) is 34.8 Å². The number of hydrogen-bond donors (Lipinski definition) is 1. The second-order valence-electron chi connectivity index (χ2n) is 7.38. The molecule has 0 fully saturated rings. The highest BCUT2D eigenvalue weighted by Gasteiger charge is 2.17. The van der Waals surface area contributed by atoms with E-state index in [1.807, 2.05) is 22.9 Å². The Morgan fingerprint density at radius 2 is 2.04 bits per heavy atom. The van der Waals surface area contributed by atoms with Crippen LogP contribution in [0.1, 0.15) is 31.9 Å². The number of hydrogen-bond acceptors (Lipinski definition) is 4. The Bertz CT molecular complexity index is 998. The SMILES string of the molecule is CC(C)(C)Cn1nnc2c(Br)c(NCc3ccc(C#N)c(F)c3)ccc21. The van der Waals surface area contributed by atoms with Crippen molar-refractivity contribution in [2.75, 3.05) is 5.32 Å². The van der Waals surface area contributed by atoms with Crippen LogP contribution in [0.25, 0.3) is 11.0 Å². The van der Waals surface area contributed by atoms with Crippen LogP contribution in [0.4, 0.5) is 10.1 Å². The lowest BCUT2D eigenvalue weighted by Crippen LogP contribution is -2.16. The molecule has 0 unspecified atom stereocenters. The van der Waals surface area contributed by atoms with Crippen LogP contribution in [0.3, 0.4) is 0 Å². The molecule has 5 nitrogen and oxygen atoms in total. The van der Waals surface area contributed by atoms with Gasteiger partial charge in [0.05, 0.1) is 21.2 Å². The number of aromatic nitrogens is 3. The van der Waals surface area contributed by atoms with Crippen molar-refractivity contribution in [3.8, 4) is 6.07 Å². The summed E-state index contributed by atoms with van der Waals surface area (Å²) in [5.41, 5.74) is 3.50. The Morgan fingerprint density at radius 1 is 1.27 bits per heavy atom. The first kappa shape index (κ1) is 18.3. The van der Waals surface area contributed by atoms with E-state index in [1.165, 1.54) is 12.1 Å². The smallest absolute Gasteiger partial charge is 0.141 e. The lowest BCUT2D eigenvalue weighted by Gasteiger charge is -2.18. The van der Waals surface area contributed by atoms with E-state index in [0.717, 1.165) is 33.3 Å². The number of rotatable bonds is 4. The van der Waals surface area contributed by atoms with Crippen LogP contribution in [0.2, 0.25) is 0 Å². The third-order valence-electron chi connectivity index (χ3n) is 3.89. The van der Waals surface area contributed by atoms with Gasteiger partial charge in [-0.15, -0.1) is 5.10 Å². The summed E-state index contributed by atoms with van der Waals surface area (Å²) in [4.78, 5) is 0. The van der Waals surface area contributed by atoms with E-state index in [0.29, 0.717) is 6.54 Å². The van der Waals surface area contributed by atoms with Gasteiger partial charge in [-0.1, -0.05) is 32.1 Å². The number of nitrogens with one attached hydrogen (secondary N) is 1. The molecule has 3 rings (SSSR count). The van der Waals surface area contributed by atoms with E-state index in [4.69, 9.17) is 5.26 Å². The van der Waals surface area contributed by atoms with Crippen LogP contribution in [-0.2, 0) is 13.1 Å². The number of anilines is 1. The monoisotopic (exact) mass is 415 g/mol. The number of nitrogens with zero attached hydrogens (tertiary/aromatic N) is 4. The Balaban J connectivity index is 1.82. The van der Waals surface area contributed by atoms with Gasteiger partial charge in [-0.2, -0.15) is 5.26 Å². The standard InChI is InChI=1S/C19H19BrFN5/c1-19(2,3)11-26-16-7-6-15(17(20)18(16)24-25-26)23-10-12-4-5-13(9-22)14(21)8-12/h4-8,23H,10-11H2,1-3H3. The summed E-state index contributed by atoms with van der Waals surface area (Å²) in [7, 11) is 0. The third-order valence-corrected chi connectivity index (χ3v) is 4.69. The average Bonchev–Trinajstić information content (AvgIpc) is 2.96. The molecular formula is C19H19BrFN5. The zero-order valence-electron chi connectivity index (χ0n) is 14.8. The number of nitriles is 1. The Hall–Kier alpha value is -2.46. The molecule has 1 heterocycles. The molecule has 1 aromatic heterocycles. The van der Waals surface area contributed by atoms with E-state index in [-0.39, 0.29) is 11.0 Å². The van der Waals surface area contributed by atoms with Gasteiger partial charge >= 0.3 is 0 Å². The first-order chi connectivity index (χ1) is 12.3. The minimum absolute atomic E-state index is 0.0480. The van der Waals surface area contributed by atoms with Gasteiger partial charge in [0.25, 0.3) is 0 Å². The molecule has 134 valence electrons. The summed E-state index contributed by atoms with van der Waals surface area (Å²) >= 11 is 3.59. The molecule has 0 spiro atoms. The summed E-state index contributed by atoms with van der Waals surface area (Å²) in [6, 6.07) is 10.4. The van der Waals surface area contributed by atoms with E-state index in [2.05, 4.69) is 52.3 Å². The van der Waals surface area contributed by atoms with Crippen LogP contribution in [0, 0.1) is 22.6 Å². The molecule has 0 aliphatic heterocycles. The van der Waals surface area contributed by atoms with Crippen molar-refractivity contribution >= 4 is 32.7 Å². The minimum atomic E-state index is -0.508. The highest BCUT2D eigenvalue weighted by atomic mass is 79.9. The van der Waals surface area contributed by atoms with Crippen molar-refractivity contribution in [1.29, 1.82) is 5.26 Å². The maximum Gasteiger partial charge on any atom is 0.141 e. The van der Waals surface area contributed by atoms with E-state index in [9.17, 15) is 4.39 Å². The molecule has 0 radical (unpaired) electrons. The first-order valence-electron chi connectivity index (χ1n) is 8.22. The Morgan fingerprint density at radius 3 is 2.69 bits per heavy atom. The molecule has 0 aliphatic carbocycles. The Labute approximate surface area is 159 Å². The molecule has 0 saturated heterocycles. The van der Waals surface area contributed by atoms with Gasteiger partial charge in [-0.25, -0.2) is 9.07 Å². The molecule has 0 aliphatic rings. The van der Waals surface area contributed by atoms with E-state index >= 15 is 0 Å². The fourth-order valence-corrected chi connectivity index (χ4v) is 3.22. The highest BCUT2D eigenvalue weighted by Crippen LogP contribution is 2.31. The van der Waals surface area contributed by atoms with Gasteiger partial charge in [-0.3, -0.25) is 0 Å². The highest BCUT2D eigenvalue weighted by molar-refractivity contribution is 9.10. The van der Waals surface area contributed by atoms with Crippen molar-refractivity contribution < 1.29 is 4.39 Å². The van der Waals surface area contributed by atoms with Gasteiger partial charge in [0, 0.05) is 13.1 Å². The van der Waals surface area contributed by atoms with Crippen molar-refractivity contribution in [3.63, 3.8) is 0 Å². The lowest BCUT2D eigenvalue weighted by atomic mass is 9.97. The molecule has 7 heteroatoms. The second-order valence-corrected chi connectivity index (χ2v) is 8.18. The number of benzene rings is 2. The Kier molecular flexibility index (Phi) is 4.97. The number of halogens is 2. The third kappa shape index (κ3) is 3.86. The average molecular weight is 416 g/mol. The summed E-state index contributed by atoms with van der Waals surface area (Å²) < 4.78 is 16.4. The van der Waals surface area contributed by atoms with Crippen LogP contribution in [-0.4, -0.2) is 15.0 Å². The molecular weight excluding hydrogens is 397 g/mol. The minimum Gasteiger partial charge on any atom is -0.380 e. The molecule has 2 aromatic carbocycles. The summed E-state index contributed by atoms with van der Waals surface area (Å²) in [6.07, 6.45) is 0. The van der Waals surface area contributed by atoms with Gasteiger partial charge in [0.2, 0.25) is 0 Å². The van der Waals surface area contributed by atoms with E-state index in [1.54, 1.807) is 6.07 Å². The molecule has 3 aromatic rings. The maximum atomic E-state index is 13.7. The molecule has 26 heavy (non-hydrogen) atoms. The largest absolute Gasteiger partial charge is 0.380 e. The predicted molar refractivity (Wildman–Crippen MR) is 103 cm³/mol. The van der Waals surface area contributed by atoms with Crippen molar-refractivity contribution in [1.82, 2.24) is 15.0 Å². The quantitative estimate of drug-likeness (QED) is 0.660. The van der Waals surface area contributed by atoms with Gasteiger partial charge in [0.1, 0.15) is 17.4 Å². The van der Waals surface area contributed by atoms with Gasteiger partial charge < -0.3 is 5.32 Å². The first-order valence-corrected chi connectivity index (χ1v) is 9.02. The van der Waals surface area contributed by atoms with Crippen molar-refractivity contribution in [2.45, 2.75) is 33.9 Å². The van der Waals surface area contributed by atoms with Crippen molar-refractivity contribution in [2.24, 2.45) is 5.41 Å². The van der Waals surface area contributed by atoms with Crippen LogP contribution >= 0.6 is 15.9 Å². The molecule has 1 N–H and O–H groups in total. The fourth-order valence-electron chi connectivity index (χ4n) is 2.66. The normalized spacial score (nSPS) is 11.5. The fraction of sp³-hybridized carbons (Fsp3) is 0.316. The summed E-state index contributed by atoms with van der Waals surface area (Å²) in [5, 5.41) is 20.6. The maximum absolute atomic E-state index is 13.7.